The molecule has 28 heavy (non-hydrogen) atoms. The topological polar surface area (TPSA) is 85.8 Å². The molecule has 0 spiro atoms. The van der Waals surface area contributed by atoms with Crippen molar-refractivity contribution in [2.24, 2.45) is 0 Å². The minimum atomic E-state index is -3.82. The van der Waals surface area contributed by atoms with Gasteiger partial charge >= 0.3 is 5.97 Å². The molecule has 0 N–H and O–H groups in total. The first-order valence-electron chi connectivity index (χ1n) is 8.92. The van der Waals surface area contributed by atoms with Gasteiger partial charge in [-0.1, -0.05) is 6.07 Å². The number of esters is 1. The van der Waals surface area contributed by atoms with E-state index in [0.717, 1.165) is 23.8 Å². The molecule has 1 aromatic carbocycles. The van der Waals surface area contributed by atoms with E-state index in [-0.39, 0.29) is 24.6 Å². The number of rotatable bonds is 7. The third kappa shape index (κ3) is 4.92. The van der Waals surface area contributed by atoms with Gasteiger partial charge in [0, 0.05) is 25.5 Å². The van der Waals surface area contributed by atoms with Gasteiger partial charge < -0.3 is 9.47 Å². The van der Waals surface area contributed by atoms with Crippen LogP contribution in [0, 0.1) is 5.82 Å². The first kappa shape index (κ1) is 20.4. The molecule has 0 atom stereocenters. The van der Waals surface area contributed by atoms with Crippen molar-refractivity contribution in [3.05, 3.63) is 59.7 Å². The molecule has 0 unspecified atom stereocenters. The van der Waals surface area contributed by atoms with E-state index in [1.54, 1.807) is 12.4 Å². The van der Waals surface area contributed by atoms with Crippen LogP contribution in [0.15, 0.2) is 47.6 Å². The zero-order valence-electron chi connectivity index (χ0n) is 15.2. The summed E-state index contributed by atoms with van der Waals surface area (Å²) in [4.78, 5) is 16.1. The van der Waals surface area contributed by atoms with Crippen LogP contribution in [0.25, 0.3) is 0 Å². The van der Waals surface area contributed by atoms with E-state index < -0.39 is 27.4 Å². The predicted molar refractivity (Wildman–Crippen MR) is 98.8 cm³/mol. The summed E-state index contributed by atoms with van der Waals surface area (Å²) in [5.74, 6) is -1.71. The molecular formula is C19H21FN2O5S. The molecule has 150 valence electrons. The van der Waals surface area contributed by atoms with Crippen LogP contribution < -0.4 is 0 Å². The zero-order chi connectivity index (χ0) is 20.0. The lowest BCUT2D eigenvalue weighted by Gasteiger charge is -2.26. The number of nitrogens with zero attached hydrogens (tertiary/aromatic N) is 2. The third-order valence-electron chi connectivity index (χ3n) is 4.33. The molecule has 1 aromatic heterocycles. The first-order chi connectivity index (χ1) is 13.5. The van der Waals surface area contributed by atoms with Gasteiger partial charge in [0.05, 0.1) is 30.3 Å². The number of ether oxygens (including phenoxy) is 2. The lowest BCUT2D eigenvalue weighted by atomic mass is 10.2. The smallest absolute Gasteiger partial charge is 0.341 e. The summed E-state index contributed by atoms with van der Waals surface area (Å²) in [5.41, 5.74) is 0.610. The molecule has 0 radical (unpaired) electrons. The highest BCUT2D eigenvalue weighted by Gasteiger charge is 2.28. The molecule has 1 saturated heterocycles. The summed E-state index contributed by atoms with van der Waals surface area (Å²) in [6, 6.07) is 6.88. The Morgan fingerprint density at radius 1 is 1.25 bits per heavy atom. The van der Waals surface area contributed by atoms with Gasteiger partial charge in [-0.3, -0.25) is 4.98 Å². The van der Waals surface area contributed by atoms with Crippen LogP contribution in [-0.4, -0.2) is 56.6 Å². The lowest BCUT2D eigenvalue weighted by Crippen LogP contribution is -2.40. The number of pyridine rings is 1. The van der Waals surface area contributed by atoms with Crippen molar-refractivity contribution in [2.45, 2.75) is 17.7 Å². The molecule has 1 aliphatic heterocycles. The second-order valence-electron chi connectivity index (χ2n) is 6.26. The molecule has 0 aliphatic carbocycles. The van der Waals surface area contributed by atoms with Crippen molar-refractivity contribution in [2.75, 3.05) is 32.9 Å². The molecule has 7 nitrogen and oxygen atoms in total. The van der Waals surface area contributed by atoms with Gasteiger partial charge in [-0.25, -0.2) is 17.6 Å². The van der Waals surface area contributed by atoms with Crippen molar-refractivity contribution in [1.82, 2.24) is 9.29 Å². The Morgan fingerprint density at radius 2 is 2.04 bits per heavy atom. The first-order valence-corrected chi connectivity index (χ1v) is 10.4. The maximum Gasteiger partial charge on any atom is 0.341 e. The summed E-state index contributed by atoms with van der Waals surface area (Å²) < 4.78 is 51.0. The number of hydrogen-bond acceptors (Lipinski definition) is 6. The van der Waals surface area contributed by atoms with Crippen LogP contribution in [0.4, 0.5) is 4.39 Å². The normalized spacial score (nSPS) is 15.3. The second kappa shape index (κ2) is 9.22. The molecule has 3 rings (SSSR count). The number of carbonyl (C=O) groups is 1. The second-order valence-corrected chi connectivity index (χ2v) is 8.20. The fourth-order valence-corrected chi connectivity index (χ4v) is 4.26. The summed E-state index contributed by atoms with van der Waals surface area (Å²) in [6.45, 7) is 1.12. The van der Waals surface area contributed by atoms with Crippen LogP contribution in [-0.2, 0) is 25.9 Å². The Bertz CT molecular complexity index is 915. The van der Waals surface area contributed by atoms with E-state index in [1.165, 1.54) is 4.31 Å². The van der Waals surface area contributed by atoms with Gasteiger partial charge in [-0.05, 0) is 42.7 Å². The highest BCUT2D eigenvalue weighted by atomic mass is 32.2. The lowest BCUT2D eigenvalue weighted by molar-refractivity contribution is 0.0495. The van der Waals surface area contributed by atoms with Crippen molar-refractivity contribution < 1.29 is 27.1 Å². The summed E-state index contributed by atoms with van der Waals surface area (Å²) in [7, 11) is -3.82. The molecule has 1 fully saturated rings. The van der Waals surface area contributed by atoms with Gasteiger partial charge in [0.25, 0.3) is 0 Å². The summed E-state index contributed by atoms with van der Waals surface area (Å²) >= 11 is 0. The largest absolute Gasteiger partial charge is 0.462 e. The van der Waals surface area contributed by atoms with Gasteiger partial charge in [0.15, 0.2) is 0 Å². The molecule has 2 aromatic rings. The number of halogens is 1. The highest BCUT2D eigenvalue weighted by molar-refractivity contribution is 7.89. The monoisotopic (exact) mass is 408 g/mol. The van der Waals surface area contributed by atoms with E-state index in [4.69, 9.17) is 9.47 Å². The van der Waals surface area contributed by atoms with Crippen LogP contribution in [0.5, 0.6) is 0 Å². The SMILES string of the molecule is O=C(OCCCc1cccnc1)c1cc(S(=O)(=O)N2CCOCC2)ccc1F. The third-order valence-corrected chi connectivity index (χ3v) is 6.23. The number of carbonyl (C=O) groups excluding carboxylic acids is 1. The van der Waals surface area contributed by atoms with E-state index in [0.29, 0.717) is 26.1 Å². The Kier molecular flexibility index (Phi) is 6.71. The Morgan fingerprint density at radius 3 is 2.75 bits per heavy atom. The van der Waals surface area contributed by atoms with E-state index in [9.17, 15) is 17.6 Å². The van der Waals surface area contributed by atoms with Gasteiger partial charge in [-0.15, -0.1) is 0 Å². The minimum Gasteiger partial charge on any atom is -0.462 e. The Hall–Kier alpha value is -2.36. The summed E-state index contributed by atoms with van der Waals surface area (Å²) in [5, 5.41) is 0. The average Bonchev–Trinajstić information content (AvgIpc) is 2.72. The van der Waals surface area contributed by atoms with Crippen molar-refractivity contribution in [3.8, 4) is 0 Å². The van der Waals surface area contributed by atoms with Crippen molar-refractivity contribution in [3.63, 3.8) is 0 Å². The maximum atomic E-state index is 14.1. The summed E-state index contributed by atoms with van der Waals surface area (Å²) in [6.07, 6.45) is 4.60. The van der Waals surface area contributed by atoms with E-state index in [2.05, 4.69) is 4.98 Å². The van der Waals surface area contributed by atoms with Crippen molar-refractivity contribution in [1.29, 1.82) is 0 Å². The van der Waals surface area contributed by atoms with Crippen molar-refractivity contribution >= 4 is 16.0 Å². The molecule has 0 amide bonds. The number of sulfonamides is 1. The van der Waals surface area contributed by atoms with Gasteiger partial charge in [0.2, 0.25) is 10.0 Å². The predicted octanol–water partition coefficient (Wildman–Crippen LogP) is 2.03. The Balaban J connectivity index is 1.64. The molecule has 0 bridgehead atoms. The highest BCUT2D eigenvalue weighted by Crippen LogP contribution is 2.21. The standard InChI is InChI=1S/C19H21FN2O5S/c20-18-6-5-16(28(24,25)22-8-11-26-12-9-22)13-17(18)19(23)27-10-2-4-15-3-1-7-21-14-15/h1,3,5-7,13-14H,2,4,8-12H2. The molecular weight excluding hydrogens is 387 g/mol. The number of morpholine rings is 1. The van der Waals surface area contributed by atoms with Crippen LogP contribution in [0.2, 0.25) is 0 Å². The average molecular weight is 408 g/mol. The molecule has 9 heteroatoms. The van der Waals surface area contributed by atoms with Crippen LogP contribution in [0.3, 0.4) is 0 Å². The number of aryl methyl sites for hydroxylation is 1. The number of aromatic nitrogens is 1. The fourth-order valence-electron chi connectivity index (χ4n) is 2.82. The van der Waals surface area contributed by atoms with E-state index >= 15 is 0 Å². The van der Waals surface area contributed by atoms with Gasteiger partial charge in [-0.2, -0.15) is 4.31 Å². The number of hydrogen-bond donors (Lipinski definition) is 0. The van der Waals surface area contributed by atoms with Gasteiger partial charge in [0.1, 0.15) is 5.82 Å². The fraction of sp³-hybridized carbons (Fsp3) is 0.368. The Labute approximate surface area is 163 Å². The molecule has 2 heterocycles. The zero-order valence-corrected chi connectivity index (χ0v) is 16.0. The molecule has 1 aliphatic rings. The van der Waals surface area contributed by atoms with Crippen LogP contribution >= 0.6 is 0 Å². The minimum absolute atomic E-state index is 0.0909. The quantitative estimate of drug-likeness (QED) is 0.515. The van der Waals surface area contributed by atoms with E-state index in [1.807, 2.05) is 12.1 Å². The van der Waals surface area contributed by atoms with Crippen LogP contribution in [0.1, 0.15) is 22.3 Å². The number of benzene rings is 1. The molecule has 0 saturated carbocycles. The maximum absolute atomic E-state index is 14.1.